The van der Waals surface area contributed by atoms with E-state index in [0.29, 0.717) is 26.5 Å². The van der Waals surface area contributed by atoms with Gasteiger partial charge in [0, 0.05) is 15.8 Å². The van der Waals surface area contributed by atoms with Gasteiger partial charge in [0.15, 0.2) is 0 Å². The van der Waals surface area contributed by atoms with Crippen LogP contribution in [0.1, 0.15) is 15.4 Å². The fourth-order valence-corrected chi connectivity index (χ4v) is 3.94. The molecule has 9 nitrogen and oxygen atoms in total. The third-order valence-electron chi connectivity index (χ3n) is 3.85. The second-order valence-corrected chi connectivity index (χ2v) is 6.96. The van der Waals surface area contributed by atoms with Crippen LogP contribution in [0.25, 0.3) is 10.1 Å². The van der Waals surface area contributed by atoms with Crippen LogP contribution >= 0.6 is 22.9 Å². The van der Waals surface area contributed by atoms with Gasteiger partial charge < -0.3 is 10.1 Å². The second kappa shape index (κ2) is 7.33. The van der Waals surface area contributed by atoms with Crippen molar-refractivity contribution in [2.45, 2.75) is 13.5 Å². The molecular weight excluding hydrogens is 396 g/mol. The molecule has 1 aromatic carbocycles. The summed E-state index contributed by atoms with van der Waals surface area (Å²) in [6.45, 7) is 1.35. The predicted octanol–water partition coefficient (Wildman–Crippen LogP) is 3.39. The number of fused-ring (bicyclic) bond motifs is 1. The molecule has 0 atom stereocenters. The van der Waals surface area contributed by atoms with Crippen LogP contribution in [-0.4, -0.2) is 33.7 Å². The minimum Gasteiger partial charge on any atom is -0.465 e. The quantitative estimate of drug-likeness (QED) is 0.393. The summed E-state index contributed by atoms with van der Waals surface area (Å²) in [4.78, 5) is 34.5. The SMILES string of the molecule is COC(=O)c1sc2cc(NC(=O)Cn3ncc([N+](=O)[O-])c3C)ccc2c1Cl. The highest BCUT2D eigenvalue weighted by molar-refractivity contribution is 7.21. The first kappa shape index (κ1) is 18.8. The minimum absolute atomic E-state index is 0.146. The van der Waals surface area contributed by atoms with Gasteiger partial charge in [0.25, 0.3) is 0 Å². The van der Waals surface area contributed by atoms with E-state index in [1.807, 2.05) is 0 Å². The number of hydrogen-bond acceptors (Lipinski definition) is 7. The van der Waals surface area contributed by atoms with E-state index in [-0.39, 0.29) is 17.1 Å². The molecule has 0 saturated heterocycles. The first-order valence-electron chi connectivity index (χ1n) is 7.58. The van der Waals surface area contributed by atoms with Crippen LogP contribution in [-0.2, 0) is 16.1 Å². The zero-order valence-corrected chi connectivity index (χ0v) is 15.8. The maximum atomic E-state index is 12.2. The molecule has 3 rings (SSSR count). The van der Waals surface area contributed by atoms with E-state index in [9.17, 15) is 19.7 Å². The largest absolute Gasteiger partial charge is 0.465 e. The molecule has 0 saturated carbocycles. The number of thiophene rings is 1. The average molecular weight is 409 g/mol. The number of methoxy groups -OCH3 is 1. The summed E-state index contributed by atoms with van der Waals surface area (Å²) < 4.78 is 6.66. The van der Waals surface area contributed by atoms with Gasteiger partial charge in [-0.1, -0.05) is 11.6 Å². The molecule has 140 valence electrons. The van der Waals surface area contributed by atoms with Crippen LogP contribution < -0.4 is 5.32 Å². The topological polar surface area (TPSA) is 116 Å². The first-order chi connectivity index (χ1) is 12.8. The van der Waals surface area contributed by atoms with Gasteiger partial charge in [-0.15, -0.1) is 11.3 Å². The van der Waals surface area contributed by atoms with Crippen LogP contribution in [0.4, 0.5) is 11.4 Å². The van der Waals surface area contributed by atoms with Crippen LogP contribution in [0, 0.1) is 17.0 Å². The Morgan fingerprint density at radius 2 is 2.19 bits per heavy atom. The standard InChI is InChI=1S/C16H13ClN4O5S/c1-8-11(21(24)25)6-18-20(8)7-13(22)19-9-3-4-10-12(5-9)27-15(14(10)17)16(23)26-2/h3-6H,7H2,1-2H3,(H,19,22). The number of benzene rings is 1. The van der Waals surface area contributed by atoms with Crippen LogP contribution in [0.2, 0.25) is 5.02 Å². The number of nitrogens with zero attached hydrogens (tertiary/aromatic N) is 3. The molecule has 0 aliphatic heterocycles. The van der Waals surface area contributed by atoms with Crippen molar-refractivity contribution < 1.29 is 19.2 Å². The smallest absolute Gasteiger partial charge is 0.349 e. The van der Waals surface area contributed by atoms with Crippen LogP contribution in [0.3, 0.4) is 0 Å². The molecule has 11 heteroatoms. The summed E-state index contributed by atoms with van der Waals surface area (Å²) in [5.74, 6) is -0.922. The zero-order chi connectivity index (χ0) is 19.7. The predicted molar refractivity (Wildman–Crippen MR) is 100 cm³/mol. The summed E-state index contributed by atoms with van der Waals surface area (Å²) in [6.07, 6.45) is 1.11. The van der Waals surface area contributed by atoms with Crippen molar-refractivity contribution in [3.8, 4) is 0 Å². The van der Waals surface area contributed by atoms with Crippen molar-refractivity contribution in [3.05, 3.63) is 50.1 Å². The van der Waals surface area contributed by atoms with Gasteiger partial charge in [-0.3, -0.25) is 19.6 Å². The lowest BCUT2D eigenvalue weighted by atomic mass is 10.2. The van der Waals surface area contributed by atoms with Gasteiger partial charge in [-0.05, 0) is 25.1 Å². The molecule has 2 heterocycles. The molecule has 0 radical (unpaired) electrons. The average Bonchev–Trinajstić information content (AvgIpc) is 3.14. The molecule has 0 bridgehead atoms. The van der Waals surface area contributed by atoms with Crippen molar-refractivity contribution in [3.63, 3.8) is 0 Å². The Morgan fingerprint density at radius 3 is 2.81 bits per heavy atom. The lowest BCUT2D eigenvalue weighted by Gasteiger charge is -2.06. The van der Waals surface area contributed by atoms with E-state index < -0.39 is 16.8 Å². The van der Waals surface area contributed by atoms with Crippen LogP contribution in [0.15, 0.2) is 24.4 Å². The molecule has 0 fully saturated rings. The summed E-state index contributed by atoms with van der Waals surface area (Å²) >= 11 is 7.36. The van der Waals surface area contributed by atoms with Gasteiger partial charge in [-0.25, -0.2) is 4.79 Å². The molecule has 3 aromatic rings. The Morgan fingerprint density at radius 1 is 1.44 bits per heavy atom. The lowest BCUT2D eigenvalue weighted by molar-refractivity contribution is -0.385. The van der Waals surface area contributed by atoms with E-state index in [4.69, 9.17) is 16.3 Å². The van der Waals surface area contributed by atoms with Crippen molar-refractivity contribution in [1.82, 2.24) is 9.78 Å². The van der Waals surface area contributed by atoms with Gasteiger partial charge in [0.2, 0.25) is 5.91 Å². The summed E-state index contributed by atoms with van der Waals surface area (Å²) in [7, 11) is 1.27. The number of ether oxygens (including phenoxy) is 1. The Bertz CT molecular complexity index is 1070. The number of esters is 1. The fraction of sp³-hybridized carbons (Fsp3) is 0.188. The number of hydrogen-bond donors (Lipinski definition) is 1. The van der Waals surface area contributed by atoms with Crippen molar-refractivity contribution in [2.24, 2.45) is 0 Å². The number of rotatable bonds is 5. The van der Waals surface area contributed by atoms with Crippen LogP contribution in [0.5, 0.6) is 0 Å². The van der Waals surface area contributed by atoms with Crippen molar-refractivity contribution in [2.75, 3.05) is 12.4 Å². The van der Waals surface area contributed by atoms with Gasteiger partial charge in [0.05, 0.1) is 17.1 Å². The van der Waals surface area contributed by atoms with Crippen molar-refractivity contribution >= 4 is 56.3 Å². The molecule has 27 heavy (non-hydrogen) atoms. The maximum Gasteiger partial charge on any atom is 0.349 e. The second-order valence-electron chi connectivity index (χ2n) is 5.53. The lowest BCUT2D eigenvalue weighted by Crippen LogP contribution is -2.20. The monoisotopic (exact) mass is 408 g/mol. The summed E-state index contributed by atoms with van der Waals surface area (Å²) in [5.41, 5.74) is 0.646. The Hall–Kier alpha value is -2.98. The molecule has 0 unspecified atom stereocenters. The summed E-state index contributed by atoms with van der Waals surface area (Å²) in [6, 6.07) is 5.03. The van der Waals surface area contributed by atoms with E-state index in [1.54, 1.807) is 18.2 Å². The van der Waals surface area contributed by atoms with Crippen molar-refractivity contribution in [1.29, 1.82) is 0 Å². The number of amides is 1. The zero-order valence-electron chi connectivity index (χ0n) is 14.2. The maximum absolute atomic E-state index is 12.2. The molecule has 1 amide bonds. The van der Waals surface area contributed by atoms with Gasteiger partial charge in [0.1, 0.15) is 23.3 Å². The number of carbonyl (C=O) groups is 2. The number of aromatic nitrogens is 2. The third-order valence-corrected chi connectivity index (χ3v) is 5.49. The Kier molecular flexibility index (Phi) is 5.10. The third kappa shape index (κ3) is 3.62. The first-order valence-corrected chi connectivity index (χ1v) is 8.78. The van der Waals surface area contributed by atoms with Gasteiger partial charge >= 0.3 is 11.7 Å². The van der Waals surface area contributed by atoms with E-state index >= 15 is 0 Å². The number of nitrogens with one attached hydrogen (secondary N) is 1. The highest BCUT2D eigenvalue weighted by Gasteiger charge is 2.19. The number of nitro groups is 1. The fourth-order valence-electron chi connectivity index (χ4n) is 2.48. The van der Waals surface area contributed by atoms with E-state index in [1.165, 1.54) is 18.7 Å². The molecule has 0 aliphatic rings. The number of anilines is 1. The normalized spacial score (nSPS) is 10.8. The molecule has 0 aliphatic carbocycles. The molecule has 0 spiro atoms. The molecular formula is C16H13ClN4O5S. The summed E-state index contributed by atoms with van der Waals surface area (Å²) in [5, 5.41) is 18.4. The Balaban J connectivity index is 1.79. The highest BCUT2D eigenvalue weighted by atomic mass is 35.5. The number of carbonyl (C=O) groups excluding carboxylic acids is 2. The van der Waals surface area contributed by atoms with E-state index in [0.717, 1.165) is 17.5 Å². The van der Waals surface area contributed by atoms with Gasteiger partial charge in [-0.2, -0.15) is 5.10 Å². The number of halogens is 1. The molecule has 1 N–H and O–H groups in total. The minimum atomic E-state index is -0.551. The highest BCUT2D eigenvalue weighted by Crippen LogP contribution is 2.37. The van der Waals surface area contributed by atoms with E-state index in [2.05, 4.69) is 10.4 Å². The molecule has 2 aromatic heterocycles. The Labute approximate surface area is 161 Å².